The molecule has 130 valence electrons. The molecule has 0 atom stereocenters. The Hall–Kier alpha value is -2.84. The van der Waals surface area contributed by atoms with E-state index in [0.717, 1.165) is 21.8 Å². The van der Waals surface area contributed by atoms with E-state index in [-0.39, 0.29) is 12.3 Å². The van der Waals surface area contributed by atoms with Gasteiger partial charge in [-0.2, -0.15) is 11.3 Å². The molecule has 0 bridgehead atoms. The van der Waals surface area contributed by atoms with Crippen molar-refractivity contribution in [1.29, 1.82) is 0 Å². The fraction of sp³-hybridized carbons (Fsp3) is 0.111. The zero-order valence-corrected chi connectivity index (χ0v) is 15.2. The Kier molecular flexibility index (Phi) is 4.85. The van der Waals surface area contributed by atoms with Crippen LogP contribution >= 0.6 is 22.7 Å². The van der Waals surface area contributed by atoms with Crippen LogP contribution in [0, 0.1) is 0 Å². The maximum Gasteiger partial charge on any atom is 0.360 e. The van der Waals surface area contributed by atoms with Crippen LogP contribution in [0.1, 0.15) is 21.7 Å². The smallest absolute Gasteiger partial charge is 0.360 e. The number of aromatic nitrogens is 4. The van der Waals surface area contributed by atoms with Gasteiger partial charge in [0.15, 0.2) is 5.69 Å². The maximum absolute atomic E-state index is 12.2. The van der Waals surface area contributed by atoms with Crippen LogP contribution in [0.3, 0.4) is 0 Å². The first-order valence-corrected chi connectivity index (χ1v) is 9.68. The molecule has 0 N–H and O–H groups in total. The van der Waals surface area contributed by atoms with Crippen LogP contribution in [0.5, 0.6) is 0 Å². The molecule has 0 aliphatic carbocycles. The van der Waals surface area contributed by atoms with Crippen LogP contribution in [0.2, 0.25) is 0 Å². The first kappa shape index (κ1) is 16.6. The zero-order chi connectivity index (χ0) is 17.8. The zero-order valence-electron chi connectivity index (χ0n) is 13.6. The van der Waals surface area contributed by atoms with E-state index in [9.17, 15) is 4.79 Å². The number of thiazole rings is 1. The van der Waals surface area contributed by atoms with E-state index in [1.165, 1.54) is 11.3 Å². The molecule has 3 aromatic heterocycles. The number of rotatable bonds is 6. The molecule has 0 unspecified atom stereocenters. The molecule has 6 nitrogen and oxygen atoms in total. The Morgan fingerprint density at radius 1 is 1.15 bits per heavy atom. The van der Waals surface area contributed by atoms with Gasteiger partial charge in [-0.05, 0) is 17.0 Å². The average molecular weight is 382 g/mol. The fourth-order valence-electron chi connectivity index (χ4n) is 2.35. The quantitative estimate of drug-likeness (QED) is 0.474. The van der Waals surface area contributed by atoms with Crippen molar-refractivity contribution in [1.82, 2.24) is 20.0 Å². The van der Waals surface area contributed by atoms with E-state index < -0.39 is 5.97 Å². The van der Waals surface area contributed by atoms with Gasteiger partial charge in [-0.25, -0.2) is 14.5 Å². The van der Waals surface area contributed by atoms with Gasteiger partial charge in [0.25, 0.3) is 0 Å². The lowest BCUT2D eigenvalue weighted by Gasteiger charge is -2.00. The summed E-state index contributed by atoms with van der Waals surface area (Å²) in [6.07, 6.45) is 1.59. The highest BCUT2D eigenvalue weighted by atomic mass is 32.1. The number of carbonyl (C=O) groups is 1. The molecule has 26 heavy (non-hydrogen) atoms. The predicted octanol–water partition coefficient (Wildman–Crippen LogP) is 3.87. The Bertz CT molecular complexity index is 993. The van der Waals surface area contributed by atoms with E-state index in [1.54, 1.807) is 22.2 Å². The van der Waals surface area contributed by atoms with Crippen molar-refractivity contribution >= 4 is 28.6 Å². The number of hydrogen-bond acceptors (Lipinski definition) is 7. The molecule has 8 heteroatoms. The summed E-state index contributed by atoms with van der Waals surface area (Å²) in [4.78, 5) is 16.6. The summed E-state index contributed by atoms with van der Waals surface area (Å²) < 4.78 is 6.91. The van der Waals surface area contributed by atoms with Crippen LogP contribution in [-0.4, -0.2) is 25.9 Å². The van der Waals surface area contributed by atoms with E-state index in [0.29, 0.717) is 6.54 Å². The monoisotopic (exact) mass is 382 g/mol. The minimum atomic E-state index is -0.505. The number of ether oxygens (including phenoxy) is 1. The molecular weight excluding hydrogens is 368 g/mol. The van der Waals surface area contributed by atoms with Crippen LogP contribution in [0.25, 0.3) is 10.6 Å². The lowest BCUT2D eigenvalue weighted by atomic mass is 10.2. The van der Waals surface area contributed by atoms with Crippen molar-refractivity contribution in [3.8, 4) is 10.6 Å². The van der Waals surface area contributed by atoms with Crippen molar-refractivity contribution in [2.45, 2.75) is 13.2 Å². The van der Waals surface area contributed by atoms with Gasteiger partial charge in [0.1, 0.15) is 11.6 Å². The molecule has 0 saturated heterocycles. The van der Waals surface area contributed by atoms with Crippen molar-refractivity contribution < 1.29 is 9.53 Å². The molecule has 0 aliphatic heterocycles. The summed E-state index contributed by atoms with van der Waals surface area (Å²) in [5.41, 5.74) is 3.08. The first-order chi connectivity index (χ1) is 12.8. The molecule has 0 aliphatic rings. The normalized spacial score (nSPS) is 10.8. The van der Waals surface area contributed by atoms with Crippen molar-refractivity contribution in [2.75, 3.05) is 0 Å². The number of carbonyl (C=O) groups excluding carboxylic acids is 1. The van der Waals surface area contributed by atoms with Crippen LogP contribution in [0.4, 0.5) is 0 Å². The topological polar surface area (TPSA) is 69.9 Å². The molecule has 1 aromatic carbocycles. The molecule has 4 rings (SSSR count). The number of esters is 1. The summed E-state index contributed by atoms with van der Waals surface area (Å²) in [6.45, 7) is 0.669. The first-order valence-electron chi connectivity index (χ1n) is 7.86. The standard InChI is InChI=1S/C18H14N4O2S2/c23-18(16-9-22(21-20-16)8-13-4-2-1-3-5-13)24-10-15-12-26-17(19-15)14-6-7-25-11-14/h1-7,9,11-12H,8,10H2. The van der Waals surface area contributed by atoms with Gasteiger partial charge >= 0.3 is 5.97 Å². The summed E-state index contributed by atoms with van der Waals surface area (Å²) in [5.74, 6) is -0.505. The lowest BCUT2D eigenvalue weighted by molar-refractivity contribution is 0.0461. The predicted molar refractivity (Wildman–Crippen MR) is 100 cm³/mol. The third-order valence-corrected chi connectivity index (χ3v) is 5.23. The molecule has 0 fully saturated rings. The fourth-order valence-corrected chi connectivity index (χ4v) is 3.86. The minimum Gasteiger partial charge on any atom is -0.454 e. The SMILES string of the molecule is O=C(OCc1csc(-c2ccsc2)n1)c1cn(Cc2ccccc2)nn1. The van der Waals surface area contributed by atoms with Gasteiger partial charge in [0.2, 0.25) is 0 Å². The second-order valence-corrected chi connectivity index (χ2v) is 7.16. The van der Waals surface area contributed by atoms with Crippen molar-refractivity contribution in [3.05, 3.63) is 75.7 Å². The summed E-state index contributed by atoms with van der Waals surface area (Å²) in [7, 11) is 0. The maximum atomic E-state index is 12.2. The molecule has 0 saturated carbocycles. The number of hydrogen-bond donors (Lipinski definition) is 0. The van der Waals surface area contributed by atoms with E-state index >= 15 is 0 Å². The third kappa shape index (κ3) is 3.87. The molecular formula is C18H14N4O2S2. The second-order valence-electron chi connectivity index (χ2n) is 5.52. The van der Waals surface area contributed by atoms with Crippen molar-refractivity contribution in [3.63, 3.8) is 0 Å². The molecule has 0 radical (unpaired) electrons. The highest BCUT2D eigenvalue weighted by Gasteiger charge is 2.14. The molecule has 0 amide bonds. The van der Waals surface area contributed by atoms with Crippen LogP contribution in [0.15, 0.2) is 58.7 Å². The highest BCUT2D eigenvalue weighted by Crippen LogP contribution is 2.25. The van der Waals surface area contributed by atoms with E-state index in [1.807, 2.05) is 52.5 Å². The lowest BCUT2D eigenvalue weighted by Crippen LogP contribution is -2.06. The minimum absolute atomic E-state index is 0.116. The number of thiophene rings is 1. The van der Waals surface area contributed by atoms with E-state index in [2.05, 4.69) is 15.3 Å². The van der Waals surface area contributed by atoms with Gasteiger partial charge in [-0.1, -0.05) is 35.5 Å². The molecule has 3 heterocycles. The Morgan fingerprint density at radius 3 is 2.85 bits per heavy atom. The molecule has 0 spiro atoms. The van der Waals surface area contributed by atoms with Crippen molar-refractivity contribution in [2.24, 2.45) is 0 Å². The Morgan fingerprint density at radius 2 is 2.04 bits per heavy atom. The summed E-state index contributed by atoms with van der Waals surface area (Å²) >= 11 is 3.16. The number of nitrogens with zero attached hydrogens (tertiary/aromatic N) is 4. The Labute approximate surface area is 157 Å². The summed E-state index contributed by atoms with van der Waals surface area (Å²) in [5, 5.41) is 14.7. The van der Waals surface area contributed by atoms with Gasteiger partial charge in [-0.15, -0.1) is 16.4 Å². The van der Waals surface area contributed by atoms with Gasteiger partial charge in [0.05, 0.1) is 18.4 Å². The highest BCUT2D eigenvalue weighted by molar-refractivity contribution is 7.14. The average Bonchev–Trinajstić information content (AvgIpc) is 3.41. The Balaban J connectivity index is 1.35. The van der Waals surface area contributed by atoms with Crippen LogP contribution < -0.4 is 0 Å². The van der Waals surface area contributed by atoms with Crippen LogP contribution in [-0.2, 0) is 17.9 Å². The van der Waals surface area contributed by atoms with E-state index in [4.69, 9.17) is 4.74 Å². The summed E-state index contributed by atoms with van der Waals surface area (Å²) in [6, 6.07) is 11.9. The second kappa shape index (κ2) is 7.59. The third-order valence-electron chi connectivity index (χ3n) is 3.61. The van der Waals surface area contributed by atoms with Gasteiger partial charge in [-0.3, -0.25) is 0 Å². The van der Waals surface area contributed by atoms with Gasteiger partial charge < -0.3 is 4.74 Å². The molecule has 4 aromatic rings. The largest absolute Gasteiger partial charge is 0.454 e. The van der Waals surface area contributed by atoms with Gasteiger partial charge in [0, 0.05) is 16.3 Å². The number of benzene rings is 1.